The molecule has 1 heterocycles. The number of aryl methyl sites for hydroxylation is 1. The highest BCUT2D eigenvalue weighted by Gasteiger charge is 2.28. The van der Waals surface area contributed by atoms with E-state index in [2.05, 4.69) is 15.0 Å². The first-order valence-electron chi connectivity index (χ1n) is 9.17. The molecule has 0 bridgehead atoms. The lowest BCUT2D eigenvalue weighted by Gasteiger charge is -2.06. The normalized spacial score (nSPS) is 14.3. The Labute approximate surface area is 163 Å². The monoisotopic (exact) mass is 399 g/mol. The number of hydrogen-bond donors (Lipinski definition) is 2. The van der Waals surface area contributed by atoms with Gasteiger partial charge < -0.3 is 9.73 Å². The van der Waals surface area contributed by atoms with Crippen molar-refractivity contribution >= 4 is 32.7 Å². The van der Waals surface area contributed by atoms with Crippen LogP contribution in [0.5, 0.6) is 0 Å². The lowest BCUT2D eigenvalue weighted by molar-refractivity contribution is -0.116. The molecule has 1 aliphatic carbocycles. The predicted molar refractivity (Wildman–Crippen MR) is 106 cm³/mol. The lowest BCUT2D eigenvalue weighted by atomic mass is 10.1. The number of fused-ring (bicyclic) bond motifs is 1. The number of carbonyl (C=O) groups is 1. The molecule has 1 aromatic heterocycles. The third-order valence-electron chi connectivity index (χ3n) is 4.76. The molecule has 4 rings (SSSR count). The summed E-state index contributed by atoms with van der Waals surface area (Å²) >= 11 is 0. The number of aromatic nitrogens is 1. The van der Waals surface area contributed by atoms with Crippen molar-refractivity contribution in [2.45, 2.75) is 36.5 Å². The van der Waals surface area contributed by atoms with Crippen molar-refractivity contribution in [2.75, 3.05) is 12.4 Å². The first kappa shape index (κ1) is 18.6. The second-order valence-corrected chi connectivity index (χ2v) is 8.80. The first-order valence-corrected chi connectivity index (χ1v) is 10.7. The van der Waals surface area contributed by atoms with Crippen LogP contribution in [-0.2, 0) is 21.2 Å². The Kier molecular flexibility index (Phi) is 4.91. The fraction of sp³-hybridized carbons (Fsp3) is 0.300. The molecule has 28 heavy (non-hydrogen) atoms. The van der Waals surface area contributed by atoms with Gasteiger partial charge in [-0.25, -0.2) is 18.1 Å². The Hall–Kier alpha value is -2.71. The predicted octanol–water partition coefficient (Wildman–Crippen LogP) is 3.18. The molecule has 0 radical (unpaired) electrons. The van der Waals surface area contributed by atoms with Crippen LogP contribution in [0.1, 0.15) is 36.6 Å². The molecule has 0 unspecified atom stereocenters. The van der Waals surface area contributed by atoms with Crippen molar-refractivity contribution < 1.29 is 17.6 Å². The van der Waals surface area contributed by atoms with Crippen LogP contribution < -0.4 is 10.0 Å². The standard InChI is InChI=1S/C20H21N3O4S/c1-21-28(25,26)16-8-2-13(3-9-16)4-11-19(24)22-15-7-10-18-17(12-15)23-20(27-18)14-5-6-14/h2-3,7-10,12,14,21H,4-6,11H2,1H3,(H,22,24). The number of rotatable bonds is 7. The van der Waals surface area contributed by atoms with Gasteiger partial charge in [-0.3, -0.25) is 4.79 Å². The Morgan fingerprint density at radius 2 is 1.93 bits per heavy atom. The van der Waals surface area contributed by atoms with E-state index in [-0.39, 0.29) is 10.8 Å². The van der Waals surface area contributed by atoms with Crippen molar-refractivity contribution in [3.63, 3.8) is 0 Å². The number of sulfonamides is 1. The molecule has 0 aliphatic heterocycles. The summed E-state index contributed by atoms with van der Waals surface area (Å²) in [7, 11) is -2.08. The Bertz CT molecular complexity index is 1120. The highest BCUT2D eigenvalue weighted by atomic mass is 32.2. The number of anilines is 1. The second kappa shape index (κ2) is 7.37. The summed E-state index contributed by atoms with van der Waals surface area (Å²) in [6, 6.07) is 12.0. The van der Waals surface area contributed by atoms with Gasteiger partial charge >= 0.3 is 0 Å². The van der Waals surface area contributed by atoms with Gasteiger partial charge in [0.05, 0.1) is 4.90 Å². The van der Waals surface area contributed by atoms with E-state index in [9.17, 15) is 13.2 Å². The van der Waals surface area contributed by atoms with Gasteiger partial charge in [0, 0.05) is 18.0 Å². The lowest BCUT2D eigenvalue weighted by Crippen LogP contribution is -2.18. The van der Waals surface area contributed by atoms with E-state index in [1.807, 2.05) is 12.1 Å². The molecule has 146 valence electrons. The van der Waals surface area contributed by atoms with Gasteiger partial charge in [-0.05, 0) is 62.2 Å². The number of carbonyl (C=O) groups excluding carboxylic acids is 1. The minimum Gasteiger partial charge on any atom is -0.440 e. The van der Waals surface area contributed by atoms with Crippen LogP contribution in [0.15, 0.2) is 51.8 Å². The van der Waals surface area contributed by atoms with Crippen molar-refractivity contribution in [2.24, 2.45) is 0 Å². The zero-order valence-electron chi connectivity index (χ0n) is 15.4. The molecule has 1 aliphatic rings. The van der Waals surface area contributed by atoms with Gasteiger partial charge in [0.25, 0.3) is 0 Å². The minimum atomic E-state index is -3.45. The van der Waals surface area contributed by atoms with Crippen LogP contribution in [0, 0.1) is 0 Å². The number of nitrogens with one attached hydrogen (secondary N) is 2. The summed E-state index contributed by atoms with van der Waals surface area (Å²) in [5.74, 6) is 1.11. The third kappa shape index (κ3) is 4.07. The topological polar surface area (TPSA) is 101 Å². The minimum absolute atomic E-state index is 0.114. The van der Waals surface area contributed by atoms with E-state index in [1.165, 1.54) is 19.2 Å². The van der Waals surface area contributed by atoms with Crippen LogP contribution in [-0.4, -0.2) is 26.4 Å². The summed E-state index contributed by atoms with van der Waals surface area (Å²) in [6.07, 6.45) is 3.06. The van der Waals surface area contributed by atoms with Crippen molar-refractivity contribution in [3.8, 4) is 0 Å². The van der Waals surface area contributed by atoms with E-state index >= 15 is 0 Å². The van der Waals surface area contributed by atoms with Crippen LogP contribution in [0.4, 0.5) is 5.69 Å². The SMILES string of the molecule is CNS(=O)(=O)c1ccc(CCC(=O)Nc2ccc3oc(C4CC4)nc3c2)cc1. The average Bonchev–Trinajstić information content (AvgIpc) is 3.46. The number of nitrogens with zero attached hydrogens (tertiary/aromatic N) is 1. The van der Waals surface area contributed by atoms with Crippen molar-refractivity contribution in [1.29, 1.82) is 0 Å². The summed E-state index contributed by atoms with van der Waals surface area (Å²) in [6.45, 7) is 0. The molecule has 7 nitrogen and oxygen atoms in total. The largest absolute Gasteiger partial charge is 0.440 e. The molecule has 0 saturated heterocycles. The first-order chi connectivity index (χ1) is 13.4. The van der Waals surface area contributed by atoms with Crippen molar-refractivity contribution in [1.82, 2.24) is 9.71 Å². The summed E-state index contributed by atoms with van der Waals surface area (Å²) in [5, 5.41) is 2.88. The molecule has 0 spiro atoms. The Balaban J connectivity index is 1.36. The van der Waals surface area contributed by atoms with Crippen LogP contribution in [0.2, 0.25) is 0 Å². The zero-order valence-corrected chi connectivity index (χ0v) is 16.3. The highest BCUT2D eigenvalue weighted by molar-refractivity contribution is 7.89. The van der Waals surface area contributed by atoms with E-state index in [4.69, 9.17) is 4.42 Å². The quantitative estimate of drug-likeness (QED) is 0.635. The van der Waals surface area contributed by atoms with Gasteiger partial charge in [-0.2, -0.15) is 0 Å². The maximum atomic E-state index is 12.3. The summed E-state index contributed by atoms with van der Waals surface area (Å²) in [4.78, 5) is 17.0. The molecule has 1 fully saturated rings. The average molecular weight is 399 g/mol. The van der Waals surface area contributed by atoms with Crippen molar-refractivity contribution in [3.05, 3.63) is 53.9 Å². The molecule has 2 aromatic carbocycles. The van der Waals surface area contributed by atoms with Gasteiger partial charge in [0.2, 0.25) is 15.9 Å². The molecule has 8 heteroatoms. The molecule has 1 saturated carbocycles. The fourth-order valence-electron chi connectivity index (χ4n) is 2.96. The molecule has 0 atom stereocenters. The maximum absolute atomic E-state index is 12.3. The molecule has 1 amide bonds. The number of hydrogen-bond acceptors (Lipinski definition) is 5. The zero-order chi connectivity index (χ0) is 19.7. The fourth-order valence-corrected chi connectivity index (χ4v) is 3.69. The number of oxazole rings is 1. The van der Waals surface area contributed by atoms with Gasteiger partial charge in [0.15, 0.2) is 11.5 Å². The molecular formula is C20H21N3O4S. The van der Waals surface area contributed by atoms with E-state index in [0.717, 1.165) is 35.4 Å². The highest BCUT2D eigenvalue weighted by Crippen LogP contribution is 2.40. The van der Waals surface area contributed by atoms with E-state index < -0.39 is 10.0 Å². The van der Waals surface area contributed by atoms with Crippen LogP contribution in [0.25, 0.3) is 11.1 Å². The summed E-state index contributed by atoms with van der Waals surface area (Å²) in [5.41, 5.74) is 3.06. The van der Waals surface area contributed by atoms with E-state index in [0.29, 0.717) is 24.4 Å². The third-order valence-corrected chi connectivity index (χ3v) is 6.19. The van der Waals surface area contributed by atoms with E-state index in [1.54, 1.807) is 18.2 Å². The van der Waals surface area contributed by atoms with Crippen LogP contribution >= 0.6 is 0 Å². The Morgan fingerprint density at radius 3 is 2.61 bits per heavy atom. The molecular weight excluding hydrogens is 378 g/mol. The molecule has 3 aromatic rings. The van der Waals surface area contributed by atoms with Gasteiger partial charge in [0.1, 0.15) is 5.52 Å². The van der Waals surface area contributed by atoms with Gasteiger partial charge in [-0.15, -0.1) is 0 Å². The maximum Gasteiger partial charge on any atom is 0.240 e. The second-order valence-electron chi connectivity index (χ2n) is 6.91. The summed E-state index contributed by atoms with van der Waals surface area (Å²) < 4.78 is 31.5. The number of amides is 1. The van der Waals surface area contributed by atoms with Gasteiger partial charge in [-0.1, -0.05) is 12.1 Å². The number of benzene rings is 2. The van der Waals surface area contributed by atoms with Crippen LogP contribution in [0.3, 0.4) is 0 Å². The Morgan fingerprint density at radius 1 is 1.18 bits per heavy atom. The molecule has 2 N–H and O–H groups in total. The smallest absolute Gasteiger partial charge is 0.240 e.